The Kier molecular flexibility index (Phi) is 4.26. The van der Waals surface area contributed by atoms with Crippen LogP contribution in [0.15, 0.2) is 0 Å². The molecule has 1 aliphatic carbocycles. The van der Waals surface area contributed by atoms with Crippen molar-refractivity contribution in [2.45, 2.75) is 64.3 Å². The molecule has 1 saturated carbocycles. The highest BCUT2D eigenvalue weighted by molar-refractivity contribution is 4.96. The molecule has 0 radical (unpaired) electrons. The zero-order valence-electron chi connectivity index (χ0n) is 10.9. The number of nitrogens with zero attached hydrogens (tertiary/aromatic N) is 1. The summed E-state index contributed by atoms with van der Waals surface area (Å²) in [4.78, 5) is 2.79. The Morgan fingerprint density at radius 3 is 2.69 bits per heavy atom. The molecule has 2 aliphatic rings. The van der Waals surface area contributed by atoms with Crippen LogP contribution in [-0.4, -0.2) is 30.6 Å². The van der Waals surface area contributed by atoms with E-state index in [2.05, 4.69) is 11.8 Å². The van der Waals surface area contributed by atoms with Crippen LogP contribution in [0.1, 0.15) is 58.3 Å². The number of hydrogen-bond acceptors (Lipinski definition) is 2. The molecule has 94 valence electrons. The van der Waals surface area contributed by atoms with Crippen LogP contribution in [0.4, 0.5) is 0 Å². The van der Waals surface area contributed by atoms with Gasteiger partial charge in [-0.2, -0.15) is 0 Å². The van der Waals surface area contributed by atoms with Crippen LogP contribution in [-0.2, 0) is 0 Å². The van der Waals surface area contributed by atoms with Gasteiger partial charge in [-0.1, -0.05) is 19.8 Å². The Morgan fingerprint density at radius 1 is 1.25 bits per heavy atom. The Labute approximate surface area is 101 Å². The normalized spacial score (nSPS) is 30.0. The van der Waals surface area contributed by atoms with Crippen molar-refractivity contribution in [1.82, 2.24) is 4.90 Å². The van der Waals surface area contributed by atoms with Crippen LogP contribution in [0.3, 0.4) is 0 Å². The Balaban J connectivity index is 1.90. The van der Waals surface area contributed by atoms with Crippen molar-refractivity contribution in [2.24, 2.45) is 11.1 Å². The molecular weight excluding hydrogens is 196 g/mol. The minimum Gasteiger partial charge on any atom is -0.330 e. The zero-order valence-corrected chi connectivity index (χ0v) is 10.9. The topological polar surface area (TPSA) is 29.3 Å². The van der Waals surface area contributed by atoms with Crippen LogP contribution in [0, 0.1) is 5.41 Å². The maximum atomic E-state index is 5.74. The number of nitrogens with two attached hydrogens (primary N) is 1. The van der Waals surface area contributed by atoms with Gasteiger partial charge in [0.25, 0.3) is 0 Å². The molecule has 2 heteroatoms. The quantitative estimate of drug-likeness (QED) is 0.778. The summed E-state index contributed by atoms with van der Waals surface area (Å²) in [6.07, 6.45) is 11.2. The lowest BCUT2D eigenvalue weighted by Gasteiger charge is -2.32. The lowest BCUT2D eigenvalue weighted by molar-refractivity contribution is 0.153. The third-order valence-electron chi connectivity index (χ3n) is 4.64. The summed E-state index contributed by atoms with van der Waals surface area (Å²) in [7, 11) is 0. The van der Waals surface area contributed by atoms with Crippen LogP contribution in [0.2, 0.25) is 0 Å². The van der Waals surface area contributed by atoms with Crippen LogP contribution in [0.25, 0.3) is 0 Å². The Bertz CT molecular complexity index is 211. The van der Waals surface area contributed by atoms with Gasteiger partial charge in [0.1, 0.15) is 0 Å². The van der Waals surface area contributed by atoms with Crippen LogP contribution in [0.5, 0.6) is 0 Å². The SMILES string of the molecule is CCC1CCCCCN1CC1(CCN)CC1. The van der Waals surface area contributed by atoms with Gasteiger partial charge in [0, 0.05) is 12.6 Å². The predicted octanol–water partition coefficient (Wildman–Crippen LogP) is 2.77. The minimum absolute atomic E-state index is 0.631. The van der Waals surface area contributed by atoms with Crippen molar-refractivity contribution in [1.29, 1.82) is 0 Å². The van der Waals surface area contributed by atoms with Crippen LogP contribution >= 0.6 is 0 Å². The second-order valence-electron chi connectivity index (χ2n) is 5.92. The molecule has 16 heavy (non-hydrogen) atoms. The van der Waals surface area contributed by atoms with Crippen LogP contribution < -0.4 is 5.73 Å². The fraction of sp³-hybridized carbons (Fsp3) is 1.00. The molecule has 1 saturated heterocycles. The molecule has 0 bridgehead atoms. The molecular formula is C14H28N2. The average molecular weight is 224 g/mol. The van der Waals surface area contributed by atoms with Crippen molar-refractivity contribution < 1.29 is 0 Å². The first kappa shape index (κ1) is 12.4. The van der Waals surface area contributed by atoms with Crippen molar-refractivity contribution in [3.8, 4) is 0 Å². The van der Waals surface area contributed by atoms with E-state index >= 15 is 0 Å². The summed E-state index contributed by atoms with van der Waals surface area (Å²) in [5, 5.41) is 0. The van der Waals surface area contributed by atoms with E-state index in [1.165, 1.54) is 64.5 Å². The largest absolute Gasteiger partial charge is 0.330 e. The molecule has 0 amide bonds. The fourth-order valence-electron chi connectivity index (χ4n) is 3.31. The second kappa shape index (κ2) is 5.50. The molecule has 2 rings (SSSR count). The molecule has 0 aromatic heterocycles. The Morgan fingerprint density at radius 2 is 2.06 bits per heavy atom. The number of rotatable bonds is 5. The first-order chi connectivity index (χ1) is 7.79. The third-order valence-corrected chi connectivity index (χ3v) is 4.64. The molecule has 1 heterocycles. The van der Waals surface area contributed by atoms with Crippen molar-refractivity contribution in [2.75, 3.05) is 19.6 Å². The number of hydrogen-bond donors (Lipinski definition) is 1. The van der Waals surface area contributed by atoms with Gasteiger partial charge in [-0.3, -0.25) is 4.90 Å². The van der Waals surface area contributed by atoms with Gasteiger partial charge in [0.05, 0.1) is 0 Å². The smallest absolute Gasteiger partial charge is 0.00928 e. The third kappa shape index (κ3) is 2.98. The standard InChI is InChI=1S/C14H28N2/c1-2-13-6-4-3-5-11-16(13)12-14(7-8-14)9-10-15/h13H,2-12,15H2,1H3. The van der Waals surface area contributed by atoms with Gasteiger partial charge >= 0.3 is 0 Å². The summed E-state index contributed by atoms with van der Waals surface area (Å²) in [5.41, 5.74) is 6.37. The highest BCUT2D eigenvalue weighted by Gasteiger charge is 2.43. The van der Waals surface area contributed by atoms with Crippen molar-refractivity contribution in [3.63, 3.8) is 0 Å². The molecule has 1 unspecified atom stereocenters. The van der Waals surface area contributed by atoms with E-state index in [-0.39, 0.29) is 0 Å². The van der Waals surface area contributed by atoms with E-state index in [9.17, 15) is 0 Å². The molecule has 2 nitrogen and oxygen atoms in total. The molecule has 0 aromatic carbocycles. The molecule has 0 aromatic rings. The highest BCUT2D eigenvalue weighted by Crippen LogP contribution is 2.49. The first-order valence-corrected chi connectivity index (χ1v) is 7.24. The summed E-state index contributed by atoms with van der Waals surface area (Å²) in [6.45, 7) is 5.91. The van der Waals surface area contributed by atoms with E-state index in [1.54, 1.807) is 0 Å². The maximum absolute atomic E-state index is 5.74. The summed E-state index contributed by atoms with van der Waals surface area (Å²) >= 11 is 0. The molecule has 2 fully saturated rings. The lowest BCUT2D eigenvalue weighted by atomic mass is 9.99. The monoisotopic (exact) mass is 224 g/mol. The molecule has 1 atom stereocenters. The van der Waals surface area contributed by atoms with Gasteiger partial charge in [0.2, 0.25) is 0 Å². The van der Waals surface area contributed by atoms with Crippen molar-refractivity contribution >= 4 is 0 Å². The van der Waals surface area contributed by atoms with E-state index in [4.69, 9.17) is 5.73 Å². The lowest BCUT2D eigenvalue weighted by Crippen LogP contribution is -2.39. The van der Waals surface area contributed by atoms with E-state index in [0.29, 0.717) is 5.41 Å². The van der Waals surface area contributed by atoms with Gasteiger partial charge in [-0.15, -0.1) is 0 Å². The maximum Gasteiger partial charge on any atom is 0.00928 e. The fourth-order valence-corrected chi connectivity index (χ4v) is 3.31. The van der Waals surface area contributed by atoms with Gasteiger partial charge in [-0.25, -0.2) is 0 Å². The van der Waals surface area contributed by atoms with Gasteiger partial charge < -0.3 is 5.73 Å². The van der Waals surface area contributed by atoms with E-state index in [1.807, 2.05) is 0 Å². The van der Waals surface area contributed by atoms with Crippen molar-refractivity contribution in [3.05, 3.63) is 0 Å². The number of likely N-dealkylation sites (tertiary alicyclic amines) is 1. The second-order valence-corrected chi connectivity index (χ2v) is 5.92. The minimum atomic E-state index is 0.631. The van der Waals surface area contributed by atoms with E-state index in [0.717, 1.165) is 12.6 Å². The molecule has 1 aliphatic heterocycles. The molecule has 0 spiro atoms. The van der Waals surface area contributed by atoms with Gasteiger partial charge in [-0.05, 0) is 57.0 Å². The zero-order chi connectivity index (χ0) is 11.4. The summed E-state index contributed by atoms with van der Waals surface area (Å²) in [5.74, 6) is 0. The predicted molar refractivity (Wildman–Crippen MR) is 69.5 cm³/mol. The Hall–Kier alpha value is -0.0800. The van der Waals surface area contributed by atoms with Gasteiger partial charge in [0.15, 0.2) is 0 Å². The first-order valence-electron chi connectivity index (χ1n) is 7.24. The average Bonchev–Trinajstić information content (AvgIpc) is 3.05. The highest BCUT2D eigenvalue weighted by atomic mass is 15.2. The molecule has 2 N–H and O–H groups in total. The summed E-state index contributed by atoms with van der Waals surface area (Å²) < 4.78 is 0. The van der Waals surface area contributed by atoms with E-state index < -0.39 is 0 Å². The summed E-state index contributed by atoms with van der Waals surface area (Å²) in [6, 6.07) is 0.859.